The van der Waals surface area contributed by atoms with Crippen molar-refractivity contribution >= 4 is 5.91 Å². The molecule has 22 heavy (non-hydrogen) atoms. The maximum absolute atomic E-state index is 13.5. The van der Waals surface area contributed by atoms with Gasteiger partial charge < -0.3 is 10.1 Å². The molecule has 0 aliphatic carbocycles. The van der Waals surface area contributed by atoms with Crippen LogP contribution in [0.4, 0.5) is 4.39 Å². The minimum absolute atomic E-state index is 0.152. The van der Waals surface area contributed by atoms with Gasteiger partial charge in [-0.25, -0.2) is 4.39 Å². The molecule has 1 amide bonds. The predicted octanol–water partition coefficient (Wildman–Crippen LogP) is 3.61. The third-order valence-corrected chi connectivity index (χ3v) is 3.37. The van der Waals surface area contributed by atoms with Crippen molar-refractivity contribution in [1.82, 2.24) is 5.32 Å². The Balaban J connectivity index is 1.94. The van der Waals surface area contributed by atoms with Gasteiger partial charge in [-0.3, -0.25) is 4.79 Å². The first-order valence-electron chi connectivity index (χ1n) is 7.34. The molecule has 0 saturated carbocycles. The Morgan fingerprint density at radius 2 is 1.86 bits per heavy atom. The molecule has 0 aromatic heterocycles. The lowest BCUT2D eigenvalue weighted by Gasteiger charge is -2.17. The fourth-order valence-corrected chi connectivity index (χ4v) is 2.04. The van der Waals surface area contributed by atoms with E-state index in [1.165, 1.54) is 6.07 Å². The van der Waals surface area contributed by atoms with Crippen molar-refractivity contribution in [3.05, 3.63) is 65.5 Å². The third kappa shape index (κ3) is 4.32. The number of benzene rings is 2. The second kappa shape index (κ2) is 7.59. The number of halogens is 1. The van der Waals surface area contributed by atoms with Crippen LogP contribution in [-0.2, 0) is 11.3 Å². The number of amides is 1. The molecule has 1 atom stereocenters. The summed E-state index contributed by atoms with van der Waals surface area (Å²) in [5.74, 6) is 0.0834. The average Bonchev–Trinajstić information content (AvgIpc) is 2.53. The number of aryl methyl sites for hydroxylation is 1. The first-order chi connectivity index (χ1) is 10.6. The largest absolute Gasteiger partial charge is 0.481 e. The Bertz CT molecular complexity index is 625. The smallest absolute Gasteiger partial charge is 0.261 e. The van der Waals surface area contributed by atoms with Crippen LogP contribution in [0, 0.1) is 12.7 Å². The van der Waals surface area contributed by atoms with Gasteiger partial charge in [0.25, 0.3) is 5.91 Å². The fraction of sp³-hybridized carbons (Fsp3) is 0.278. The zero-order valence-electron chi connectivity index (χ0n) is 12.8. The molecule has 116 valence electrons. The zero-order valence-corrected chi connectivity index (χ0v) is 12.8. The van der Waals surface area contributed by atoms with Crippen molar-refractivity contribution in [3.63, 3.8) is 0 Å². The highest BCUT2D eigenvalue weighted by Gasteiger charge is 2.18. The van der Waals surface area contributed by atoms with Gasteiger partial charge in [0.2, 0.25) is 0 Å². The van der Waals surface area contributed by atoms with Crippen LogP contribution in [0.3, 0.4) is 0 Å². The fourth-order valence-electron chi connectivity index (χ4n) is 2.04. The summed E-state index contributed by atoms with van der Waals surface area (Å²) in [4.78, 5) is 12.2. The summed E-state index contributed by atoms with van der Waals surface area (Å²) >= 11 is 0. The van der Waals surface area contributed by atoms with E-state index in [1.807, 2.05) is 38.1 Å². The van der Waals surface area contributed by atoms with E-state index in [4.69, 9.17) is 4.74 Å². The Kier molecular flexibility index (Phi) is 5.53. The van der Waals surface area contributed by atoms with Crippen LogP contribution < -0.4 is 10.1 Å². The standard InChI is InChI=1S/C18H20FNO2/c1-3-17(22-15-10-8-13(2)9-11-15)18(21)20-12-14-6-4-5-7-16(14)19/h4-11,17H,3,12H2,1-2H3,(H,20,21). The van der Waals surface area contributed by atoms with E-state index >= 15 is 0 Å². The maximum atomic E-state index is 13.5. The highest BCUT2D eigenvalue weighted by atomic mass is 19.1. The summed E-state index contributed by atoms with van der Waals surface area (Å²) in [6, 6.07) is 13.9. The molecule has 0 aliphatic heterocycles. The third-order valence-electron chi connectivity index (χ3n) is 3.37. The van der Waals surface area contributed by atoms with E-state index in [1.54, 1.807) is 18.2 Å². The number of hydrogen-bond donors (Lipinski definition) is 1. The molecule has 0 spiro atoms. The molecule has 3 nitrogen and oxygen atoms in total. The molecule has 2 rings (SSSR count). The van der Waals surface area contributed by atoms with Gasteiger partial charge in [-0.2, -0.15) is 0 Å². The van der Waals surface area contributed by atoms with Crippen LogP contribution in [0.25, 0.3) is 0 Å². The van der Waals surface area contributed by atoms with Crippen LogP contribution in [0.1, 0.15) is 24.5 Å². The molecule has 0 fully saturated rings. The molecule has 0 radical (unpaired) electrons. The Labute approximate surface area is 130 Å². The maximum Gasteiger partial charge on any atom is 0.261 e. The molecular weight excluding hydrogens is 281 g/mol. The highest BCUT2D eigenvalue weighted by molar-refractivity contribution is 5.81. The Morgan fingerprint density at radius 1 is 1.18 bits per heavy atom. The van der Waals surface area contributed by atoms with E-state index in [2.05, 4.69) is 5.32 Å². The van der Waals surface area contributed by atoms with Crippen LogP contribution >= 0.6 is 0 Å². The van der Waals surface area contributed by atoms with Gasteiger partial charge in [-0.05, 0) is 31.5 Å². The van der Waals surface area contributed by atoms with Gasteiger partial charge in [-0.15, -0.1) is 0 Å². The van der Waals surface area contributed by atoms with Gasteiger partial charge in [0.1, 0.15) is 11.6 Å². The van der Waals surface area contributed by atoms with Crippen LogP contribution in [0.2, 0.25) is 0 Å². The van der Waals surface area contributed by atoms with Crippen molar-refractivity contribution < 1.29 is 13.9 Å². The first-order valence-corrected chi connectivity index (χ1v) is 7.34. The monoisotopic (exact) mass is 301 g/mol. The van der Waals surface area contributed by atoms with Crippen LogP contribution in [0.15, 0.2) is 48.5 Å². The number of nitrogens with one attached hydrogen (secondary N) is 1. The van der Waals surface area contributed by atoms with E-state index in [9.17, 15) is 9.18 Å². The Hall–Kier alpha value is -2.36. The SMILES string of the molecule is CCC(Oc1ccc(C)cc1)C(=O)NCc1ccccc1F. The lowest BCUT2D eigenvalue weighted by molar-refractivity contribution is -0.128. The second-order valence-corrected chi connectivity index (χ2v) is 5.14. The van der Waals surface area contributed by atoms with Crippen molar-refractivity contribution in [1.29, 1.82) is 0 Å². The van der Waals surface area contributed by atoms with Crippen molar-refractivity contribution in [2.45, 2.75) is 32.9 Å². The summed E-state index contributed by atoms with van der Waals surface area (Å²) < 4.78 is 19.2. The van der Waals surface area contributed by atoms with Crippen molar-refractivity contribution in [3.8, 4) is 5.75 Å². The number of carbonyl (C=O) groups is 1. The number of carbonyl (C=O) groups excluding carboxylic acids is 1. The summed E-state index contributed by atoms with van der Waals surface area (Å²) in [7, 11) is 0. The lowest BCUT2D eigenvalue weighted by atomic mass is 10.2. The average molecular weight is 301 g/mol. The summed E-state index contributed by atoms with van der Waals surface area (Å²) in [5, 5.41) is 2.72. The quantitative estimate of drug-likeness (QED) is 0.885. The molecular formula is C18H20FNO2. The zero-order chi connectivity index (χ0) is 15.9. The summed E-state index contributed by atoms with van der Waals surface area (Å²) in [6.07, 6.45) is -0.0498. The van der Waals surface area contributed by atoms with Gasteiger partial charge in [0, 0.05) is 12.1 Å². The van der Waals surface area contributed by atoms with E-state index in [-0.39, 0.29) is 18.3 Å². The van der Waals surface area contributed by atoms with Crippen molar-refractivity contribution in [2.24, 2.45) is 0 Å². The minimum Gasteiger partial charge on any atom is -0.481 e. The summed E-state index contributed by atoms with van der Waals surface area (Å²) in [5.41, 5.74) is 1.59. The van der Waals surface area contributed by atoms with Crippen LogP contribution in [0.5, 0.6) is 5.75 Å². The molecule has 1 unspecified atom stereocenters. The van der Waals surface area contributed by atoms with Gasteiger partial charge in [-0.1, -0.05) is 42.8 Å². The van der Waals surface area contributed by atoms with Crippen LogP contribution in [-0.4, -0.2) is 12.0 Å². The van der Waals surface area contributed by atoms with Gasteiger partial charge in [0.05, 0.1) is 0 Å². The summed E-state index contributed by atoms with van der Waals surface area (Å²) in [6.45, 7) is 4.02. The molecule has 2 aromatic carbocycles. The second-order valence-electron chi connectivity index (χ2n) is 5.14. The molecule has 0 heterocycles. The van der Waals surface area contributed by atoms with Crippen molar-refractivity contribution in [2.75, 3.05) is 0 Å². The molecule has 2 aromatic rings. The lowest BCUT2D eigenvalue weighted by Crippen LogP contribution is -2.37. The molecule has 0 saturated heterocycles. The molecule has 4 heteroatoms. The van der Waals surface area contributed by atoms with Gasteiger partial charge in [0.15, 0.2) is 6.10 Å². The topological polar surface area (TPSA) is 38.3 Å². The number of ether oxygens (including phenoxy) is 1. The highest BCUT2D eigenvalue weighted by Crippen LogP contribution is 2.15. The van der Waals surface area contributed by atoms with E-state index in [0.29, 0.717) is 17.7 Å². The normalized spacial score (nSPS) is 11.8. The van der Waals surface area contributed by atoms with E-state index in [0.717, 1.165) is 5.56 Å². The predicted molar refractivity (Wildman–Crippen MR) is 84.1 cm³/mol. The molecule has 0 bridgehead atoms. The number of hydrogen-bond acceptors (Lipinski definition) is 2. The minimum atomic E-state index is -0.588. The molecule has 0 aliphatic rings. The Morgan fingerprint density at radius 3 is 2.50 bits per heavy atom. The van der Waals surface area contributed by atoms with E-state index < -0.39 is 6.10 Å². The molecule has 1 N–H and O–H groups in total. The van der Waals surface area contributed by atoms with Gasteiger partial charge >= 0.3 is 0 Å². The number of rotatable bonds is 6. The first kappa shape index (κ1) is 16.0.